The Kier molecular flexibility index (Phi) is 3.44. The highest BCUT2D eigenvalue weighted by molar-refractivity contribution is 7.71. The molecule has 1 heterocycles. The molecule has 4 heteroatoms. The highest BCUT2D eigenvalue weighted by Gasteiger charge is 2.25. The van der Waals surface area contributed by atoms with E-state index in [4.69, 9.17) is 17.0 Å². The Morgan fingerprint density at radius 2 is 1.88 bits per heavy atom. The number of nitrogens with one attached hydrogen (secondary N) is 1. The Morgan fingerprint density at radius 1 is 1.12 bits per heavy atom. The van der Waals surface area contributed by atoms with Gasteiger partial charge in [0.15, 0.2) is 0 Å². The number of pyridine rings is 1. The van der Waals surface area contributed by atoms with Crippen LogP contribution in [0.2, 0.25) is 0 Å². The monoisotopic (exact) mass is 330 g/mol. The van der Waals surface area contributed by atoms with Crippen molar-refractivity contribution in [2.45, 2.75) is 6.42 Å². The van der Waals surface area contributed by atoms with E-state index >= 15 is 0 Å². The molecule has 0 radical (unpaired) electrons. The number of aromatic amines is 1. The van der Waals surface area contributed by atoms with Crippen molar-refractivity contribution in [3.05, 3.63) is 69.9 Å². The van der Waals surface area contributed by atoms with E-state index in [0.717, 1.165) is 40.1 Å². The van der Waals surface area contributed by atoms with Crippen molar-refractivity contribution in [2.75, 3.05) is 7.11 Å². The standard InChI is InChI=1S/C20H14N2OS/c1-23-14-8-6-12(7-9-14)18-16-10-13-4-2-3-5-15(13)19(16)22-20(24)17(18)11-21/h2-9H,10H2,1H3,(H,22,24). The van der Waals surface area contributed by atoms with Gasteiger partial charge in [-0.2, -0.15) is 5.26 Å². The van der Waals surface area contributed by atoms with Gasteiger partial charge >= 0.3 is 0 Å². The van der Waals surface area contributed by atoms with Gasteiger partial charge in [0.05, 0.1) is 18.4 Å². The van der Waals surface area contributed by atoms with Crippen LogP contribution in [0.4, 0.5) is 0 Å². The molecule has 24 heavy (non-hydrogen) atoms. The van der Waals surface area contributed by atoms with Gasteiger partial charge in [-0.05, 0) is 28.8 Å². The number of rotatable bonds is 2. The number of H-pyrrole nitrogens is 1. The lowest BCUT2D eigenvalue weighted by Gasteiger charge is -2.12. The van der Waals surface area contributed by atoms with Crippen molar-refractivity contribution in [3.8, 4) is 34.2 Å². The first-order chi connectivity index (χ1) is 11.7. The van der Waals surface area contributed by atoms with Crippen LogP contribution in [-0.2, 0) is 6.42 Å². The predicted octanol–water partition coefficient (Wildman–Crippen LogP) is 4.86. The summed E-state index contributed by atoms with van der Waals surface area (Å²) in [7, 11) is 1.64. The molecule has 1 aliphatic rings. The summed E-state index contributed by atoms with van der Waals surface area (Å²) in [5.74, 6) is 0.790. The number of methoxy groups -OCH3 is 1. The number of nitrogens with zero attached hydrogens (tertiary/aromatic N) is 1. The quantitative estimate of drug-likeness (QED) is 0.534. The fourth-order valence-corrected chi connectivity index (χ4v) is 3.59. The second kappa shape index (κ2) is 5.63. The van der Waals surface area contributed by atoms with Crippen molar-refractivity contribution in [1.82, 2.24) is 4.98 Å². The van der Waals surface area contributed by atoms with E-state index in [2.05, 4.69) is 23.2 Å². The summed E-state index contributed by atoms with van der Waals surface area (Å²) in [5.41, 5.74) is 7.01. The molecule has 116 valence electrons. The minimum absolute atomic E-state index is 0.485. The molecule has 1 N–H and O–H groups in total. The molecule has 0 amide bonds. The average Bonchev–Trinajstić information content (AvgIpc) is 2.99. The molecular formula is C20H14N2OS. The van der Waals surface area contributed by atoms with Gasteiger partial charge < -0.3 is 9.72 Å². The fraction of sp³-hybridized carbons (Fsp3) is 0.100. The second-order valence-corrected chi connectivity index (χ2v) is 6.14. The molecule has 0 fully saturated rings. The zero-order valence-electron chi connectivity index (χ0n) is 13.1. The largest absolute Gasteiger partial charge is 0.497 e. The molecule has 0 bridgehead atoms. The van der Waals surface area contributed by atoms with E-state index in [9.17, 15) is 5.26 Å². The van der Waals surface area contributed by atoms with Crippen LogP contribution in [0.5, 0.6) is 5.75 Å². The average molecular weight is 330 g/mol. The highest BCUT2D eigenvalue weighted by atomic mass is 32.1. The summed E-state index contributed by atoms with van der Waals surface area (Å²) >= 11 is 5.45. The predicted molar refractivity (Wildman–Crippen MR) is 96.6 cm³/mol. The summed E-state index contributed by atoms with van der Waals surface area (Å²) < 4.78 is 5.72. The van der Waals surface area contributed by atoms with Gasteiger partial charge in [-0.25, -0.2) is 0 Å². The zero-order valence-corrected chi connectivity index (χ0v) is 13.9. The first kappa shape index (κ1) is 14.7. The molecular weight excluding hydrogens is 316 g/mol. The molecule has 1 aromatic heterocycles. The van der Waals surface area contributed by atoms with Crippen LogP contribution in [0.3, 0.4) is 0 Å². The van der Waals surface area contributed by atoms with E-state index < -0.39 is 0 Å². The van der Waals surface area contributed by atoms with Crippen LogP contribution in [0, 0.1) is 16.0 Å². The van der Waals surface area contributed by atoms with Crippen molar-refractivity contribution in [1.29, 1.82) is 5.26 Å². The van der Waals surface area contributed by atoms with Crippen LogP contribution in [0.15, 0.2) is 48.5 Å². The smallest absolute Gasteiger partial charge is 0.122 e. The van der Waals surface area contributed by atoms with Crippen molar-refractivity contribution < 1.29 is 4.74 Å². The molecule has 0 spiro atoms. The lowest BCUT2D eigenvalue weighted by Crippen LogP contribution is -1.97. The van der Waals surface area contributed by atoms with Crippen LogP contribution in [0.1, 0.15) is 16.7 Å². The van der Waals surface area contributed by atoms with E-state index in [1.165, 1.54) is 5.56 Å². The Hall–Kier alpha value is -2.90. The number of aromatic nitrogens is 1. The zero-order chi connectivity index (χ0) is 16.7. The summed E-state index contributed by atoms with van der Waals surface area (Å²) in [6, 6.07) is 18.3. The highest BCUT2D eigenvalue weighted by Crippen LogP contribution is 2.42. The number of hydrogen-bond acceptors (Lipinski definition) is 3. The normalized spacial score (nSPS) is 11.5. The van der Waals surface area contributed by atoms with E-state index in [1.807, 2.05) is 36.4 Å². The Morgan fingerprint density at radius 3 is 2.58 bits per heavy atom. The molecule has 0 saturated heterocycles. The summed E-state index contributed by atoms with van der Waals surface area (Å²) in [5, 5.41) is 9.65. The molecule has 3 aromatic rings. The van der Waals surface area contributed by atoms with Gasteiger partial charge in [-0.3, -0.25) is 0 Å². The fourth-order valence-electron chi connectivity index (χ4n) is 3.34. The number of benzene rings is 2. The first-order valence-electron chi connectivity index (χ1n) is 7.65. The maximum absolute atomic E-state index is 9.65. The number of ether oxygens (including phenoxy) is 1. The van der Waals surface area contributed by atoms with Gasteiger partial charge in [0.2, 0.25) is 0 Å². The van der Waals surface area contributed by atoms with Crippen LogP contribution in [0.25, 0.3) is 22.4 Å². The molecule has 1 aliphatic carbocycles. The molecule has 4 rings (SSSR count). The summed E-state index contributed by atoms with van der Waals surface area (Å²) in [6.45, 7) is 0. The third kappa shape index (κ3) is 2.14. The first-order valence-corrected chi connectivity index (χ1v) is 8.05. The Bertz CT molecular complexity index is 1040. The third-order valence-electron chi connectivity index (χ3n) is 4.46. The van der Waals surface area contributed by atoms with Gasteiger partial charge in [-0.15, -0.1) is 0 Å². The van der Waals surface area contributed by atoms with Crippen molar-refractivity contribution >= 4 is 12.2 Å². The van der Waals surface area contributed by atoms with Crippen LogP contribution < -0.4 is 4.74 Å². The van der Waals surface area contributed by atoms with Gasteiger partial charge in [0.1, 0.15) is 16.5 Å². The molecule has 3 nitrogen and oxygen atoms in total. The van der Waals surface area contributed by atoms with Crippen LogP contribution in [-0.4, -0.2) is 12.1 Å². The van der Waals surface area contributed by atoms with Crippen molar-refractivity contribution in [2.24, 2.45) is 0 Å². The van der Waals surface area contributed by atoms with Crippen molar-refractivity contribution in [3.63, 3.8) is 0 Å². The second-order valence-electron chi connectivity index (χ2n) is 5.73. The summed E-state index contributed by atoms with van der Waals surface area (Å²) in [6.07, 6.45) is 0.799. The maximum atomic E-state index is 9.65. The lowest BCUT2D eigenvalue weighted by atomic mass is 9.95. The minimum atomic E-state index is 0.485. The van der Waals surface area contributed by atoms with Gasteiger partial charge in [0.25, 0.3) is 0 Å². The third-order valence-corrected chi connectivity index (χ3v) is 4.77. The molecule has 0 unspecified atom stereocenters. The topological polar surface area (TPSA) is 48.8 Å². The van der Waals surface area contributed by atoms with Gasteiger partial charge in [0, 0.05) is 17.5 Å². The lowest BCUT2D eigenvalue weighted by molar-refractivity contribution is 0.415. The Labute approximate surface area is 145 Å². The minimum Gasteiger partial charge on any atom is -0.497 e. The number of hydrogen-bond donors (Lipinski definition) is 1. The Balaban J connectivity index is 2.02. The SMILES string of the molecule is COc1ccc(-c2c3c([nH]c(=S)c2C#N)-c2ccccc2C3)cc1. The van der Waals surface area contributed by atoms with E-state index in [1.54, 1.807) is 7.11 Å². The van der Waals surface area contributed by atoms with E-state index in [0.29, 0.717) is 10.2 Å². The number of fused-ring (bicyclic) bond motifs is 3. The maximum Gasteiger partial charge on any atom is 0.122 e. The van der Waals surface area contributed by atoms with Gasteiger partial charge in [-0.1, -0.05) is 48.6 Å². The van der Waals surface area contributed by atoms with Crippen LogP contribution >= 0.6 is 12.2 Å². The van der Waals surface area contributed by atoms with E-state index in [-0.39, 0.29) is 0 Å². The molecule has 0 aliphatic heterocycles. The molecule has 0 saturated carbocycles. The molecule has 2 aromatic carbocycles. The molecule has 0 atom stereocenters. The number of nitriles is 1. The summed E-state index contributed by atoms with van der Waals surface area (Å²) in [4.78, 5) is 3.26.